The van der Waals surface area contributed by atoms with Crippen molar-refractivity contribution in [3.8, 4) is 29.4 Å². The van der Waals surface area contributed by atoms with Crippen LogP contribution in [0.4, 0.5) is 14.6 Å². The van der Waals surface area contributed by atoms with Crippen LogP contribution in [0.2, 0.25) is 0 Å². The Hall–Kier alpha value is -4.85. The van der Waals surface area contributed by atoms with Gasteiger partial charge in [0.25, 0.3) is 0 Å². The number of aromatic nitrogens is 3. The highest BCUT2D eigenvalue weighted by atomic mass is 19.1. The van der Waals surface area contributed by atoms with Gasteiger partial charge in [-0.1, -0.05) is 12.0 Å². The Balaban J connectivity index is 1.54. The van der Waals surface area contributed by atoms with Crippen molar-refractivity contribution in [3.63, 3.8) is 0 Å². The van der Waals surface area contributed by atoms with Crippen molar-refractivity contribution in [2.45, 2.75) is 45.7 Å². The maximum atomic E-state index is 16.4. The number of hydrogen-bond acceptors (Lipinski definition) is 7. The lowest BCUT2D eigenvalue weighted by molar-refractivity contribution is -0.143. The Labute approximate surface area is 239 Å². The van der Waals surface area contributed by atoms with Gasteiger partial charge in [-0.3, -0.25) is 14.6 Å². The molecule has 0 aliphatic carbocycles. The number of ether oxygens (including phenoxy) is 1. The molecule has 2 aromatic heterocycles. The van der Waals surface area contributed by atoms with Crippen molar-refractivity contribution >= 4 is 39.9 Å². The molecule has 214 valence electrons. The Morgan fingerprint density at radius 3 is 2.55 bits per heavy atom. The van der Waals surface area contributed by atoms with E-state index in [-0.39, 0.29) is 56.8 Å². The Bertz CT molecular complexity index is 1880. The van der Waals surface area contributed by atoms with Gasteiger partial charge >= 0.3 is 11.7 Å². The van der Waals surface area contributed by atoms with Gasteiger partial charge in [-0.2, -0.15) is 4.98 Å². The number of benzene rings is 2. The monoisotopic (exact) mass is 571 g/mol. The molecular weight excluding hydrogens is 544 g/mol. The maximum Gasteiger partial charge on any atom is 0.347 e. The van der Waals surface area contributed by atoms with E-state index in [9.17, 15) is 18.8 Å². The van der Waals surface area contributed by atoms with Gasteiger partial charge in [-0.05, 0) is 57.2 Å². The molecule has 9 nitrogen and oxygen atoms in total. The molecule has 4 heterocycles. The van der Waals surface area contributed by atoms with Crippen LogP contribution in [0.5, 0.6) is 5.75 Å². The van der Waals surface area contributed by atoms with E-state index < -0.39 is 28.7 Å². The molecule has 2 saturated heterocycles. The van der Waals surface area contributed by atoms with Gasteiger partial charge < -0.3 is 19.5 Å². The molecule has 1 N–H and O–H groups in total. The van der Waals surface area contributed by atoms with E-state index in [1.165, 1.54) is 30.5 Å². The second-order valence-electron chi connectivity index (χ2n) is 11.7. The Kier molecular flexibility index (Phi) is 6.44. The normalized spacial score (nSPS) is 18.4. The number of halogens is 2. The number of nitrogens with zero attached hydrogens (tertiary/aromatic N) is 4. The SMILES string of the molecule is C#Cc1c(F)ccc2cc(OC(=O)C(C)(C)C)cc(-c3ncc4c(N5CC6CCC(C5)N6C=O)nc(=O)[nH]c4c3F)c12. The van der Waals surface area contributed by atoms with Crippen LogP contribution in [0.15, 0.2) is 35.3 Å². The van der Waals surface area contributed by atoms with E-state index in [1.807, 2.05) is 4.90 Å². The fourth-order valence-electron chi connectivity index (χ4n) is 5.84. The number of carbonyl (C=O) groups is 2. The lowest BCUT2D eigenvalue weighted by Crippen LogP contribution is -2.53. The summed E-state index contributed by atoms with van der Waals surface area (Å²) in [5, 5.41) is 0.891. The Morgan fingerprint density at radius 2 is 1.90 bits per heavy atom. The van der Waals surface area contributed by atoms with Crippen LogP contribution in [0, 0.1) is 29.4 Å². The summed E-state index contributed by atoms with van der Waals surface area (Å²) in [4.78, 5) is 51.6. The molecule has 0 radical (unpaired) electrons. The summed E-state index contributed by atoms with van der Waals surface area (Å²) in [6, 6.07) is 5.50. The number of aromatic amines is 1. The number of nitrogens with one attached hydrogen (secondary N) is 1. The average Bonchev–Trinajstić information content (AvgIpc) is 3.19. The first-order chi connectivity index (χ1) is 20.0. The largest absolute Gasteiger partial charge is 0.426 e. The van der Waals surface area contributed by atoms with Crippen molar-refractivity contribution in [2.75, 3.05) is 18.0 Å². The zero-order valence-corrected chi connectivity index (χ0v) is 23.2. The van der Waals surface area contributed by atoms with Crippen molar-refractivity contribution < 1.29 is 23.1 Å². The number of rotatable bonds is 4. The molecule has 1 amide bonds. The van der Waals surface area contributed by atoms with Crippen LogP contribution in [0.1, 0.15) is 39.2 Å². The zero-order chi connectivity index (χ0) is 29.9. The molecule has 2 aliphatic heterocycles. The number of esters is 1. The summed E-state index contributed by atoms with van der Waals surface area (Å²) in [5.41, 5.74) is -1.95. The third-order valence-electron chi connectivity index (χ3n) is 7.92. The highest BCUT2D eigenvalue weighted by molar-refractivity contribution is 6.03. The standard InChI is InChI=1S/C31H27F2N5O4/c1-5-20-23(32)9-6-16-10-19(42-29(40)31(2,3)4)11-21(24(16)20)26-25(33)27-22(12-34-26)28(36-30(41)35-27)37-13-17-7-8-18(14-37)38(17)15-39/h1,6,9-12,15,17-18H,7-8,13-14H2,2-4H3,(H,35,36,41). The number of pyridine rings is 1. The minimum absolute atomic E-state index is 0.0311. The third-order valence-corrected chi connectivity index (χ3v) is 7.92. The van der Waals surface area contributed by atoms with Gasteiger partial charge in [0.15, 0.2) is 5.82 Å². The number of terminal acetylenes is 1. The molecule has 2 atom stereocenters. The number of amides is 1. The smallest absolute Gasteiger partial charge is 0.347 e. The van der Waals surface area contributed by atoms with Gasteiger partial charge in [0, 0.05) is 42.3 Å². The third kappa shape index (κ3) is 4.43. The van der Waals surface area contributed by atoms with E-state index in [4.69, 9.17) is 11.2 Å². The van der Waals surface area contributed by atoms with E-state index in [1.54, 1.807) is 25.7 Å². The van der Waals surface area contributed by atoms with E-state index in [0.29, 0.717) is 18.5 Å². The van der Waals surface area contributed by atoms with Gasteiger partial charge in [0.1, 0.15) is 23.1 Å². The van der Waals surface area contributed by atoms with E-state index >= 15 is 4.39 Å². The number of anilines is 1. The predicted octanol–water partition coefficient (Wildman–Crippen LogP) is 4.16. The van der Waals surface area contributed by atoms with Crippen LogP contribution in [0.25, 0.3) is 32.9 Å². The lowest BCUT2D eigenvalue weighted by Gasteiger charge is -2.39. The quantitative estimate of drug-likeness (QED) is 0.170. The Morgan fingerprint density at radius 1 is 1.19 bits per heavy atom. The van der Waals surface area contributed by atoms with E-state index in [2.05, 4.69) is 20.9 Å². The highest BCUT2D eigenvalue weighted by Crippen LogP contribution is 2.39. The predicted molar refractivity (Wildman–Crippen MR) is 153 cm³/mol. The summed E-state index contributed by atoms with van der Waals surface area (Å²) in [6.45, 7) is 5.97. The number of H-pyrrole nitrogens is 1. The zero-order valence-electron chi connectivity index (χ0n) is 23.2. The van der Waals surface area contributed by atoms with Gasteiger partial charge in [-0.15, -0.1) is 6.42 Å². The van der Waals surface area contributed by atoms with Crippen LogP contribution < -0.4 is 15.3 Å². The van der Waals surface area contributed by atoms with Crippen LogP contribution in [0.3, 0.4) is 0 Å². The van der Waals surface area contributed by atoms with Gasteiger partial charge in [0.2, 0.25) is 6.41 Å². The number of hydrogen-bond donors (Lipinski definition) is 1. The van der Waals surface area contributed by atoms with Crippen molar-refractivity contribution in [1.82, 2.24) is 19.9 Å². The fourth-order valence-corrected chi connectivity index (χ4v) is 5.84. The number of fused-ring (bicyclic) bond motifs is 4. The average molecular weight is 572 g/mol. The summed E-state index contributed by atoms with van der Waals surface area (Å²) < 4.78 is 36.9. The van der Waals surface area contributed by atoms with Gasteiger partial charge in [0.05, 0.1) is 21.9 Å². The minimum atomic E-state index is -0.879. The van der Waals surface area contributed by atoms with Crippen molar-refractivity contribution in [3.05, 3.63) is 58.1 Å². The summed E-state index contributed by atoms with van der Waals surface area (Å²) in [7, 11) is 0. The molecule has 6 rings (SSSR count). The lowest BCUT2D eigenvalue weighted by atomic mass is 9.95. The molecule has 2 fully saturated rings. The molecule has 2 aromatic carbocycles. The highest BCUT2D eigenvalue weighted by Gasteiger charge is 2.40. The molecule has 0 spiro atoms. The molecule has 2 unspecified atom stereocenters. The van der Waals surface area contributed by atoms with Crippen LogP contribution in [-0.4, -0.2) is 57.4 Å². The summed E-state index contributed by atoms with van der Waals surface area (Å²) in [6.07, 6.45) is 9.56. The molecule has 42 heavy (non-hydrogen) atoms. The van der Waals surface area contributed by atoms with Gasteiger partial charge in [-0.25, -0.2) is 13.6 Å². The molecule has 11 heteroatoms. The summed E-state index contributed by atoms with van der Waals surface area (Å²) >= 11 is 0. The molecule has 2 bridgehead atoms. The fraction of sp³-hybridized carbons (Fsp3) is 0.323. The van der Waals surface area contributed by atoms with Crippen molar-refractivity contribution in [2.24, 2.45) is 5.41 Å². The maximum absolute atomic E-state index is 16.4. The van der Waals surface area contributed by atoms with Crippen LogP contribution in [-0.2, 0) is 9.59 Å². The first-order valence-electron chi connectivity index (χ1n) is 13.5. The topological polar surface area (TPSA) is 108 Å². The first-order valence-corrected chi connectivity index (χ1v) is 13.5. The second-order valence-corrected chi connectivity index (χ2v) is 11.7. The molecule has 4 aromatic rings. The second kappa shape index (κ2) is 9.91. The number of carbonyl (C=O) groups excluding carboxylic acids is 2. The number of piperazine rings is 1. The van der Waals surface area contributed by atoms with Crippen molar-refractivity contribution in [1.29, 1.82) is 0 Å². The first kappa shape index (κ1) is 27.3. The molecule has 2 aliphatic rings. The minimum Gasteiger partial charge on any atom is -0.426 e. The molecule has 0 saturated carbocycles. The van der Waals surface area contributed by atoms with E-state index in [0.717, 1.165) is 19.3 Å². The van der Waals surface area contributed by atoms with Crippen LogP contribution >= 0.6 is 0 Å². The molecular formula is C31H27F2N5O4. The summed E-state index contributed by atoms with van der Waals surface area (Å²) in [5.74, 6) is 0.612.